The van der Waals surface area contributed by atoms with Gasteiger partial charge in [-0.05, 0) is 24.3 Å². The lowest BCUT2D eigenvalue weighted by Gasteiger charge is -2.13. The van der Waals surface area contributed by atoms with Crippen molar-refractivity contribution in [3.05, 3.63) is 72.1 Å². The lowest BCUT2D eigenvalue weighted by Crippen LogP contribution is -2.09. The topological polar surface area (TPSA) is 95.0 Å². The van der Waals surface area contributed by atoms with Gasteiger partial charge in [-0.2, -0.15) is 0 Å². The van der Waals surface area contributed by atoms with E-state index in [9.17, 15) is 14.7 Å². The predicted octanol–water partition coefficient (Wildman–Crippen LogP) is 3.75. The quantitative estimate of drug-likeness (QED) is 0.460. The number of hydrogen-bond donors (Lipinski definition) is 1. The van der Waals surface area contributed by atoms with Crippen molar-refractivity contribution in [1.82, 2.24) is 4.98 Å². The first-order chi connectivity index (χ1) is 14.0. The van der Waals surface area contributed by atoms with Gasteiger partial charge in [0.05, 0.1) is 19.8 Å². The zero-order valence-corrected chi connectivity index (χ0v) is 16.0. The molecule has 0 atom stereocenters. The van der Waals surface area contributed by atoms with E-state index in [0.29, 0.717) is 40.2 Å². The van der Waals surface area contributed by atoms with Crippen molar-refractivity contribution in [2.45, 2.75) is 0 Å². The molecule has 7 heteroatoms. The lowest BCUT2D eigenvalue weighted by atomic mass is 9.99. The number of carbonyl (C=O) groups is 2. The van der Waals surface area contributed by atoms with Gasteiger partial charge in [-0.15, -0.1) is 0 Å². The van der Waals surface area contributed by atoms with E-state index in [4.69, 9.17) is 14.2 Å². The third-order valence-corrected chi connectivity index (χ3v) is 4.30. The molecule has 3 aromatic rings. The number of carboxylic acid groups (broad SMARTS) is 1. The van der Waals surface area contributed by atoms with Crippen LogP contribution in [-0.4, -0.2) is 42.7 Å². The Morgan fingerprint density at radius 1 is 1.10 bits per heavy atom. The number of hydrogen-bond acceptors (Lipinski definition) is 6. The number of ether oxygens (including phenoxy) is 3. The van der Waals surface area contributed by atoms with Crippen molar-refractivity contribution in [1.29, 1.82) is 0 Å². The minimum Gasteiger partial charge on any atom is -0.493 e. The van der Waals surface area contributed by atoms with E-state index >= 15 is 0 Å². The van der Waals surface area contributed by atoms with Crippen LogP contribution in [0.4, 0.5) is 0 Å². The highest BCUT2D eigenvalue weighted by atomic mass is 16.5. The molecule has 0 saturated carbocycles. The molecule has 0 bridgehead atoms. The first kappa shape index (κ1) is 19.9. The van der Waals surface area contributed by atoms with Crippen LogP contribution in [0.5, 0.6) is 17.2 Å². The molecule has 0 radical (unpaired) electrons. The molecule has 148 valence electrons. The van der Waals surface area contributed by atoms with Gasteiger partial charge < -0.3 is 19.3 Å². The summed E-state index contributed by atoms with van der Waals surface area (Å²) in [5, 5.41) is 10.2. The third-order valence-electron chi connectivity index (χ3n) is 4.30. The molecular formula is C22H19NO6. The molecule has 2 aromatic carbocycles. The summed E-state index contributed by atoms with van der Waals surface area (Å²) in [7, 11) is 2.91. The summed E-state index contributed by atoms with van der Waals surface area (Å²) in [4.78, 5) is 29.0. The molecule has 0 amide bonds. The summed E-state index contributed by atoms with van der Waals surface area (Å²) < 4.78 is 16.1. The fraction of sp³-hybridized carbons (Fsp3) is 0.136. The van der Waals surface area contributed by atoms with Crippen molar-refractivity contribution >= 4 is 22.5 Å². The van der Waals surface area contributed by atoms with Gasteiger partial charge in [0.15, 0.2) is 11.5 Å². The molecule has 1 heterocycles. The number of aromatic nitrogens is 1. The highest BCUT2D eigenvalue weighted by Crippen LogP contribution is 2.35. The number of rotatable bonds is 8. The van der Waals surface area contributed by atoms with Gasteiger partial charge in [0, 0.05) is 22.5 Å². The summed E-state index contributed by atoms with van der Waals surface area (Å²) in [6, 6.07) is 9.75. The fourth-order valence-corrected chi connectivity index (χ4v) is 2.94. The molecule has 1 aromatic heterocycles. The maximum Gasteiger partial charge on any atom is 0.337 e. The molecule has 0 fully saturated rings. The normalized spacial score (nSPS) is 10.4. The molecule has 0 aliphatic carbocycles. The Labute approximate surface area is 167 Å². The number of carboxylic acids is 1. The van der Waals surface area contributed by atoms with Crippen LogP contribution in [0.15, 0.2) is 55.3 Å². The van der Waals surface area contributed by atoms with Crippen LogP contribution in [-0.2, 0) is 0 Å². The first-order valence-electron chi connectivity index (χ1n) is 8.66. The predicted molar refractivity (Wildman–Crippen MR) is 107 cm³/mol. The van der Waals surface area contributed by atoms with E-state index < -0.39 is 5.97 Å². The summed E-state index contributed by atoms with van der Waals surface area (Å²) in [6.45, 7) is 3.90. The van der Waals surface area contributed by atoms with Crippen LogP contribution < -0.4 is 14.2 Å². The number of nitrogens with zero attached hydrogens (tertiary/aromatic N) is 1. The van der Waals surface area contributed by atoms with Gasteiger partial charge in [-0.25, -0.2) is 4.79 Å². The molecule has 29 heavy (non-hydrogen) atoms. The van der Waals surface area contributed by atoms with Crippen LogP contribution in [0.1, 0.15) is 26.4 Å². The Hall–Kier alpha value is -3.87. The average Bonchev–Trinajstić information content (AvgIpc) is 2.75. The number of benzene rings is 2. The van der Waals surface area contributed by atoms with E-state index in [0.717, 1.165) is 0 Å². The lowest BCUT2D eigenvalue weighted by molar-refractivity contribution is 0.0698. The highest BCUT2D eigenvalue weighted by Gasteiger charge is 2.21. The van der Waals surface area contributed by atoms with Crippen LogP contribution in [0.2, 0.25) is 0 Å². The molecule has 0 spiro atoms. The van der Waals surface area contributed by atoms with Crippen LogP contribution in [0.25, 0.3) is 10.8 Å². The Morgan fingerprint density at radius 2 is 1.79 bits per heavy atom. The zero-order valence-electron chi connectivity index (χ0n) is 16.0. The number of pyridine rings is 1. The molecular weight excluding hydrogens is 374 g/mol. The zero-order chi connectivity index (χ0) is 21.0. The van der Waals surface area contributed by atoms with E-state index in [1.54, 1.807) is 36.4 Å². The van der Waals surface area contributed by atoms with E-state index in [2.05, 4.69) is 11.6 Å². The number of aromatic carboxylic acids is 1. The first-order valence-corrected chi connectivity index (χ1v) is 8.66. The highest BCUT2D eigenvalue weighted by molar-refractivity contribution is 6.18. The number of ketones is 1. The van der Waals surface area contributed by atoms with Gasteiger partial charge in [0.2, 0.25) is 5.78 Å². The second-order valence-electron chi connectivity index (χ2n) is 6.04. The summed E-state index contributed by atoms with van der Waals surface area (Å²) in [5.41, 5.74) is 0.422. The van der Waals surface area contributed by atoms with Crippen LogP contribution in [0, 0.1) is 0 Å². The van der Waals surface area contributed by atoms with Gasteiger partial charge in [-0.1, -0.05) is 24.8 Å². The molecule has 7 nitrogen and oxygen atoms in total. The Balaban J connectivity index is 2.19. The smallest absolute Gasteiger partial charge is 0.337 e. The minimum atomic E-state index is -1.16. The molecule has 0 saturated heterocycles. The summed E-state index contributed by atoms with van der Waals surface area (Å²) in [6.07, 6.45) is 2.77. The van der Waals surface area contributed by atoms with Crippen molar-refractivity contribution in [2.24, 2.45) is 0 Å². The number of methoxy groups -OCH3 is 2. The third kappa shape index (κ3) is 3.89. The standard InChI is InChI=1S/C22H19NO6/c1-4-8-29-14-7-5-6-13(9-14)21(24)20-16-11-19(28-3)18(27-2)10-15(16)17(12-23-20)22(25)26/h4-7,9-12H,1,8H2,2-3H3,(H,25,26). The van der Waals surface area contributed by atoms with Gasteiger partial charge in [-0.3, -0.25) is 9.78 Å². The Kier molecular flexibility index (Phi) is 5.78. The fourth-order valence-electron chi connectivity index (χ4n) is 2.94. The maximum atomic E-state index is 13.2. The molecule has 0 aliphatic heterocycles. The van der Waals surface area contributed by atoms with Gasteiger partial charge in [0.25, 0.3) is 0 Å². The number of carbonyl (C=O) groups excluding carboxylic acids is 1. The van der Waals surface area contributed by atoms with Crippen molar-refractivity contribution in [3.63, 3.8) is 0 Å². The second-order valence-corrected chi connectivity index (χ2v) is 6.04. The molecule has 0 unspecified atom stereocenters. The Bertz CT molecular complexity index is 1110. The van der Waals surface area contributed by atoms with Crippen LogP contribution >= 0.6 is 0 Å². The minimum absolute atomic E-state index is 0.0411. The maximum absolute atomic E-state index is 13.2. The van der Waals surface area contributed by atoms with E-state index in [1.165, 1.54) is 26.5 Å². The van der Waals surface area contributed by atoms with E-state index in [-0.39, 0.29) is 17.0 Å². The van der Waals surface area contributed by atoms with E-state index in [1.807, 2.05) is 0 Å². The average molecular weight is 393 g/mol. The molecule has 1 N–H and O–H groups in total. The largest absolute Gasteiger partial charge is 0.493 e. The van der Waals surface area contributed by atoms with Gasteiger partial charge >= 0.3 is 5.97 Å². The van der Waals surface area contributed by atoms with Crippen molar-refractivity contribution in [3.8, 4) is 17.2 Å². The SMILES string of the molecule is C=CCOc1cccc(C(=O)c2ncc(C(=O)O)c3cc(OC)c(OC)cc23)c1. The van der Waals surface area contributed by atoms with Crippen molar-refractivity contribution in [2.75, 3.05) is 20.8 Å². The molecule has 0 aliphatic rings. The van der Waals surface area contributed by atoms with Crippen LogP contribution in [0.3, 0.4) is 0 Å². The Morgan fingerprint density at radius 3 is 2.41 bits per heavy atom. The number of fused-ring (bicyclic) bond motifs is 1. The molecule has 3 rings (SSSR count). The van der Waals surface area contributed by atoms with Crippen molar-refractivity contribution < 1.29 is 28.9 Å². The summed E-state index contributed by atoms with van der Waals surface area (Å²) >= 11 is 0. The van der Waals surface area contributed by atoms with Gasteiger partial charge in [0.1, 0.15) is 18.1 Å². The monoisotopic (exact) mass is 393 g/mol. The summed E-state index contributed by atoms with van der Waals surface area (Å²) in [5.74, 6) is -0.299. The second kappa shape index (κ2) is 8.43.